The van der Waals surface area contributed by atoms with Gasteiger partial charge in [-0.3, -0.25) is 4.90 Å². The smallest absolute Gasteiger partial charge is 0.178 e. The van der Waals surface area contributed by atoms with Gasteiger partial charge in [-0.25, -0.2) is 0 Å². The maximum atomic E-state index is 5.46. The summed E-state index contributed by atoms with van der Waals surface area (Å²) in [6.45, 7) is 4.71. The van der Waals surface area contributed by atoms with Gasteiger partial charge in [0.1, 0.15) is 17.3 Å². The molecule has 0 amide bonds. The Balaban J connectivity index is 1.25. The zero-order valence-electron chi connectivity index (χ0n) is 14.5. The standard InChI is InChI=1S/C17H21N7O/c1-11-18-19-16-6-7-17(20-24(11)16)23-8-12(9-23)22(2)10-14-13-4-3-5-15(13)25-21-14/h6-7,12H,3-5,8-10H2,1-2H3. The second-order valence-corrected chi connectivity index (χ2v) is 7.07. The molecule has 0 atom stereocenters. The molecule has 4 heterocycles. The minimum absolute atomic E-state index is 0.508. The quantitative estimate of drug-likeness (QED) is 0.707. The highest BCUT2D eigenvalue weighted by molar-refractivity contribution is 5.47. The number of anilines is 1. The number of fused-ring (bicyclic) bond motifs is 2. The molecule has 0 unspecified atom stereocenters. The van der Waals surface area contributed by atoms with Crippen LogP contribution in [0.5, 0.6) is 0 Å². The molecule has 0 radical (unpaired) electrons. The minimum atomic E-state index is 0.508. The van der Waals surface area contributed by atoms with Gasteiger partial charge >= 0.3 is 0 Å². The minimum Gasteiger partial charge on any atom is -0.361 e. The van der Waals surface area contributed by atoms with E-state index in [1.807, 2.05) is 19.1 Å². The zero-order valence-corrected chi connectivity index (χ0v) is 14.5. The van der Waals surface area contributed by atoms with E-state index in [1.54, 1.807) is 4.52 Å². The first-order chi connectivity index (χ1) is 12.2. The monoisotopic (exact) mass is 339 g/mol. The molecule has 1 fully saturated rings. The molecule has 0 bridgehead atoms. The van der Waals surface area contributed by atoms with Crippen molar-refractivity contribution in [2.75, 3.05) is 25.0 Å². The van der Waals surface area contributed by atoms with Crippen molar-refractivity contribution in [2.45, 2.75) is 38.8 Å². The molecule has 8 nitrogen and oxygen atoms in total. The first-order valence-corrected chi connectivity index (χ1v) is 8.79. The Morgan fingerprint density at radius 2 is 2.12 bits per heavy atom. The summed E-state index contributed by atoms with van der Waals surface area (Å²) in [5.41, 5.74) is 3.25. The molecule has 1 saturated heterocycles. The van der Waals surface area contributed by atoms with Crippen molar-refractivity contribution in [2.24, 2.45) is 0 Å². The summed E-state index contributed by atoms with van der Waals surface area (Å²) >= 11 is 0. The number of hydrogen-bond acceptors (Lipinski definition) is 7. The Morgan fingerprint density at radius 3 is 3.00 bits per heavy atom. The van der Waals surface area contributed by atoms with E-state index in [2.05, 4.69) is 37.3 Å². The third-order valence-electron chi connectivity index (χ3n) is 5.40. The van der Waals surface area contributed by atoms with Crippen molar-refractivity contribution in [1.29, 1.82) is 0 Å². The predicted octanol–water partition coefficient (Wildman–Crippen LogP) is 1.23. The lowest BCUT2D eigenvalue weighted by Crippen LogP contribution is -2.58. The molecule has 0 spiro atoms. The number of aryl methyl sites for hydroxylation is 2. The molecule has 130 valence electrons. The van der Waals surface area contributed by atoms with Crippen LogP contribution in [-0.4, -0.2) is 56.0 Å². The van der Waals surface area contributed by atoms with E-state index in [1.165, 1.54) is 12.0 Å². The molecule has 0 N–H and O–H groups in total. The maximum absolute atomic E-state index is 5.46. The summed E-state index contributed by atoms with van der Waals surface area (Å²) in [7, 11) is 2.17. The van der Waals surface area contributed by atoms with Gasteiger partial charge < -0.3 is 9.42 Å². The second kappa shape index (κ2) is 5.52. The van der Waals surface area contributed by atoms with Crippen molar-refractivity contribution in [3.05, 3.63) is 35.0 Å². The molecule has 1 aliphatic heterocycles. The van der Waals surface area contributed by atoms with Crippen LogP contribution in [0.4, 0.5) is 5.82 Å². The van der Waals surface area contributed by atoms with Gasteiger partial charge in [0.15, 0.2) is 11.5 Å². The lowest BCUT2D eigenvalue weighted by Gasteiger charge is -2.44. The Morgan fingerprint density at radius 1 is 1.24 bits per heavy atom. The first-order valence-electron chi connectivity index (χ1n) is 8.79. The van der Waals surface area contributed by atoms with Gasteiger partial charge in [-0.15, -0.1) is 15.3 Å². The van der Waals surface area contributed by atoms with Crippen LogP contribution in [0, 0.1) is 6.92 Å². The van der Waals surface area contributed by atoms with Crippen LogP contribution in [0.15, 0.2) is 16.7 Å². The summed E-state index contributed by atoms with van der Waals surface area (Å²) in [5.74, 6) is 2.88. The molecular formula is C17H21N7O. The third-order valence-corrected chi connectivity index (χ3v) is 5.40. The highest BCUT2D eigenvalue weighted by Crippen LogP contribution is 2.27. The fourth-order valence-electron chi connectivity index (χ4n) is 3.75. The summed E-state index contributed by atoms with van der Waals surface area (Å²) < 4.78 is 7.26. The molecule has 8 heteroatoms. The highest BCUT2D eigenvalue weighted by atomic mass is 16.5. The second-order valence-electron chi connectivity index (χ2n) is 7.07. The fourth-order valence-corrected chi connectivity index (χ4v) is 3.75. The topological polar surface area (TPSA) is 75.6 Å². The van der Waals surface area contributed by atoms with Crippen LogP contribution in [0.3, 0.4) is 0 Å². The Hall–Kier alpha value is -2.48. The molecule has 25 heavy (non-hydrogen) atoms. The van der Waals surface area contributed by atoms with Gasteiger partial charge in [-0.2, -0.15) is 4.52 Å². The van der Waals surface area contributed by atoms with Gasteiger partial charge in [-0.05, 0) is 38.9 Å². The van der Waals surface area contributed by atoms with Gasteiger partial charge in [0.2, 0.25) is 0 Å². The maximum Gasteiger partial charge on any atom is 0.178 e. The van der Waals surface area contributed by atoms with Gasteiger partial charge in [0, 0.05) is 37.7 Å². The van der Waals surface area contributed by atoms with Crippen molar-refractivity contribution in [1.82, 2.24) is 29.9 Å². The van der Waals surface area contributed by atoms with E-state index in [0.29, 0.717) is 6.04 Å². The van der Waals surface area contributed by atoms with Crippen LogP contribution in [0.1, 0.15) is 29.3 Å². The first kappa shape index (κ1) is 14.8. The number of rotatable bonds is 4. The summed E-state index contributed by atoms with van der Waals surface area (Å²) in [4.78, 5) is 4.66. The van der Waals surface area contributed by atoms with Crippen LogP contribution >= 0.6 is 0 Å². The third kappa shape index (κ3) is 2.39. The van der Waals surface area contributed by atoms with Crippen LogP contribution in [0.2, 0.25) is 0 Å². The molecular weight excluding hydrogens is 318 g/mol. The Kier molecular flexibility index (Phi) is 3.27. The van der Waals surface area contributed by atoms with E-state index in [0.717, 1.165) is 61.2 Å². The highest BCUT2D eigenvalue weighted by Gasteiger charge is 2.32. The van der Waals surface area contributed by atoms with Gasteiger partial charge in [-0.1, -0.05) is 5.16 Å². The molecule has 3 aromatic rings. The lowest BCUT2D eigenvalue weighted by atomic mass is 10.1. The predicted molar refractivity (Wildman–Crippen MR) is 91.5 cm³/mol. The van der Waals surface area contributed by atoms with E-state index in [4.69, 9.17) is 4.52 Å². The molecule has 0 saturated carbocycles. The van der Waals surface area contributed by atoms with Gasteiger partial charge in [0.05, 0.1) is 0 Å². The van der Waals surface area contributed by atoms with Crippen molar-refractivity contribution < 1.29 is 4.52 Å². The number of nitrogens with zero attached hydrogens (tertiary/aromatic N) is 7. The van der Waals surface area contributed by atoms with Gasteiger partial charge in [0.25, 0.3) is 0 Å². The largest absolute Gasteiger partial charge is 0.361 e. The molecule has 5 rings (SSSR count). The van der Waals surface area contributed by atoms with E-state index in [-0.39, 0.29) is 0 Å². The summed E-state index contributed by atoms with van der Waals surface area (Å²) in [6, 6.07) is 4.50. The van der Waals surface area contributed by atoms with Crippen LogP contribution in [-0.2, 0) is 19.4 Å². The lowest BCUT2D eigenvalue weighted by molar-refractivity contribution is 0.191. The van der Waals surface area contributed by atoms with Crippen LogP contribution in [0.25, 0.3) is 5.65 Å². The fraction of sp³-hybridized carbons (Fsp3) is 0.529. The summed E-state index contributed by atoms with van der Waals surface area (Å²) in [6.07, 6.45) is 3.35. The van der Waals surface area contributed by atoms with E-state index in [9.17, 15) is 0 Å². The number of likely N-dealkylation sites (N-methyl/N-ethyl adjacent to an activating group) is 1. The molecule has 0 aromatic carbocycles. The number of hydrogen-bond donors (Lipinski definition) is 0. The van der Waals surface area contributed by atoms with E-state index < -0.39 is 0 Å². The Bertz CT molecular complexity index is 924. The van der Waals surface area contributed by atoms with Crippen LogP contribution < -0.4 is 4.90 Å². The van der Waals surface area contributed by atoms with Crippen molar-refractivity contribution in [3.63, 3.8) is 0 Å². The molecule has 2 aliphatic rings. The SMILES string of the molecule is Cc1nnc2ccc(N3CC(N(C)Cc4noc5c4CCC5)C3)nn12. The average Bonchev–Trinajstić information content (AvgIpc) is 3.25. The van der Waals surface area contributed by atoms with Crippen molar-refractivity contribution in [3.8, 4) is 0 Å². The Labute approximate surface area is 145 Å². The molecule has 1 aliphatic carbocycles. The summed E-state index contributed by atoms with van der Waals surface area (Å²) in [5, 5.41) is 17.1. The number of aromatic nitrogens is 5. The molecule has 3 aromatic heterocycles. The van der Waals surface area contributed by atoms with E-state index >= 15 is 0 Å². The van der Waals surface area contributed by atoms with Crippen molar-refractivity contribution >= 4 is 11.5 Å². The zero-order chi connectivity index (χ0) is 17.0. The average molecular weight is 339 g/mol. The normalized spacial score (nSPS) is 17.5.